The van der Waals surface area contributed by atoms with Crippen LogP contribution < -0.4 is 5.32 Å². The number of nitrogens with one attached hydrogen (secondary N) is 1. The molecule has 2 saturated heterocycles. The van der Waals surface area contributed by atoms with Gasteiger partial charge in [-0.25, -0.2) is 4.39 Å². The molecule has 3 rings (SSSR count). The largest absolute Gasteiger partial charge is 0.506 e. The van der Waals surface area contributed by atoms with Crippen molar-refractivity contribution in [2.45, 2.75) is 18.9 Å². The molecule has 0 aromatic heterocycles. The minimum Gasteiger partial charge on any atom is -0.506 e. The molecule has 8 heteroatoms. The van der Waals surface area contributed by atoms with E-state index < -0.39 is 5.82 Å². The highest BCUT2D eigenvalue weighted by molar-refractivity contribution is 9.10. The van der Waals surface area contributed by atoms with Gasteiger partial charge < -0.3 is 15.2 Å². The first-order valence-electron chi connectivity index (χ1n) is 7.88. The third-order valence-electron chi connectivity index (χ3n) is 4.68. The molecule has 2 heterocycles. The van der Waals surface area contributed by atoms with Gasteiger partial charge >= 0.3 is 0 Å². The minimum absolute atomic E-state index is 0. The topological polar surface area (TPSA) is 44.7 Å². The molecule has 0 spiro atoms. The molecule has 1 aromatic carbocycles. The first-order chi connectivity index (χ1) is 10.7. The van der Waals surface area contributed by atoms with Gasteiger partial charge in [-0.05, 0) is 40.8 Å². The Balaban J connectivity index is 0.00000144. The van der Waals surface area contributed by atoms with Crippen molar-refractivity contribution >= 4 is 40.7 Å². The van der Waals surface area contributed by atoms with Gasteiger partial charge in [0.2, 0.25) is 0 Å². The van der Waals surface area contributed by atoms with Gasteiger partial charge in [0.05, 0.1) is 4.47 Å². The highest BCUT2D eigenvalue weighted by Crippen LogP contribution is 2.42. The number of piperazine rings is 1. The molecule has 0 bridgehead atoms. The maximum Gasteiger partial charge on any atom is 0.141 e. The monoisotopic (exact) mass is 444 g/mol. The van der Waals surface area contributed by atoms with E-state index in [0.29, 0.717) is 5.92 Å². The fourth-order valence-corrected chi connectivity index (χ4v) is 3.90. The van der Waals surface area contributed by atoms with Crippen LogP contribution in [0.25, 0.3) is 0 Å². The second kappa shape index (κ2) is 10.1. The zero-order valence-electron chi connectivity index (χ0n) is 13.3. The maximum atomic E-state index is 13.7. The van der Waals surface area contributed by atoms with Crippen molar-refractivity contribution in [1.82, 2.24) is 10.2 Å². The van der Waals surface area contributed by atoms with Crippen molar-refractivity contribution in [3.05, 3.63) is 28.0 Å². The number of hydrogen-bond donors (Lipinski definition) is 2. The van der Waals surface area contributed by atoms with E-state index in [4.69, 9.17) is 4.74 Å². The van der Waals surface area contributed by atoms with Crippen LogP contribution in [0.2, 0.25) is 0 Å². The second-order valence-corrected chi connectivity index (χ2v) is 6.77. The Morgan fingerprint density at radius 1 is 1.21 bits per heavy atom. The van der Waals surface area contributed by atoms with E-state index in [1.54, 1.807) is 6.07 Å². The van der Waals surface area contributed by atoms with E-state index >= 15 is 0 Å². The van der Waals surface area contributed by atoms with Crippen LogP contribution in [0.1, 0.15) is 24.4 Å². The molecule has 2 N–H and O–H groups in total. The number of phenols is 1. The van der Waals surface area contributed by atoms with Crippen molar-refractivity contribution in [2.24, 2.45) is 5.92 Å². The Labute approximate surface area is 163 Å². The summed E-state index contributed by atoms with van der Waals surface area (Å²) in [6.45, 7) is 5.30. The van der Waals surface area contributed by atoms with E-state index in [-0.39, 0.29) is 41.1 Å². The summed E-state index contributed by atoms with van der Waals surface area (Å²) < 4.78 is 19.3. The van der Waals surface area contributed by atoms with Crippen LogP contribution in [0.5, 0.6) is 5.75 Å². The molecular formula is C16H24BrCl2FN2O2. The number of rotatable bonds is 3. The van der Waals surface area contributed by atoms with Crippen molar-refractivity contribution in [3.8, 4) is 5.75 Å². The lowest BCUT2D eigenvalue weighted by Gasteiger charge is -2.41. The van der Waals surface area contributed by atoms with Gasteiger partial charge in [-0.1, -0.05) is 6.07 Å². The summed E-state index contributed by atoms with van der Waals surface area (Å²) in [6, 6.07) is 3.29. The fraction of sp³-hybridized carbons (Fsp3) is 0.625. The van der Waals surface area contributed by atoms with Gasteiger partial charge in [0.25, 0.3) is 0 Å². The third kappa shape index (κ3) is 4.74. The Morgan fingerprint density at radius 3 is 2.46 bits per heavy atom. The van der Waals surface area contributed by atoms with E-state index in [0.717, 1.165) is 57.8 Å². The molecule has 0 amide bonds. The zero-order chi connectivity index (χ0) is 15.5. The number of ether oxygens (including phenoxy) is 1. The molecular weight excluding hydrogens is 422 g/mol. The summed E-state index contributed by atoms with van der Waals surface area (Å²) in [4.78, 5) is 2.41. The van der Waals surface area contributed by atoms with E-state index in [1.165, 1.54) is 6.07 Å². The molecule has 0 unspecified atom stereocenters. The Morgan fingerprint density at radius 2 is 1.83 bits per heavy atom. The third-order valence-corrected chi connectivity index (χ3v) is 5.43. The van der Waals surface area contributed by atoms with Gasteiger partial charge in [-0.15, -0.1) is 24.8 Å². The molecule has 0 radical (unpaired) electrons. The lowest BCUT2D eigenvalue weighted by atomic mass is 9.85. The van der Waals surface area contributed by atoms with Gasteiger partial charge in [0, 0.05) is 51.0 Å². The van der Waals surface area contributed by atoms with E-state index in [9.17, 15) is 9.50 Å². The Hall–Kier alpha value is -0.110. The SMILES string of the molecule is Cl.Cl.Oc1c([C@@H](C2CCOCC2)N2CCNCC2)ccc(F)c1Br. The molecule has 2 aliphatic rings. The van der Waals surface area contributed by atoms with E-state index in [2.05, 4.69) is 26.1 Å². The van der Waals surface area contributed by atoms with Crippen LogP contribution in [0.15, 0.2) is 16.6 Å². The van der Waals surface area contributed by atoms with Crippen LogP contribution in [0.4, 0.5) is 4.39 Å². The van der Waals surface area contributed by atoms with Gasteiger partial charge in [-0.3, -0.25) is 4.90 Å². The maximum absolute atomic E-state index is 13.7. The first kappa shape index (κ1) is 21.9. The standard InChI is InChI=1S/C16H22BrFN2O2.2ClH/c17-14-13(18)2-1-12(16(14)21)15(11-3-9-22-10-4-11)20-7-5-19-6-8-20;;/h1-2,11,15,19,21H,3-10H2;2*1H/t15-;;/m1../s1. The molecule has 2 fully saturated rings. The smallest absolute Gasteiger partial charge is 0.141 e. The number of hydrogen-bond acceptors (Lipinski definition) is 4. The van der Waals surface area contributed by atoms with Gasteiger partial charge in [0.1, 0.15) is 11.6 Å². The molecule has 24 heavy (non-hydrogen) atoms. The average Bonchev–Trinajstić information content (AvgIpc) is 2.57. The summed E-state index contributed by atoms with van der Waals surface area (Å²) in [5, 5.41) is 13.8. The molecule has 4 nitrogen and oxygen atoms in total. The number of phenolic OH excluding ortho intramolecular Hbond substituents is 1. The molecule has 0 saturated carbocycles. The fourth-order valence-electron chi connectivity index (χ4n) is 3.53. The highest BCUT2D eigenvalue weighted by atomic mass is 79.9. The van der Waals surface area contributed by atoms with Crippen LogP contribution in [-0.2, 0) is 4.74 Å². The number of aromatic hydroxyl groups is 1. The van der Waals surface area contributed by atoms with Gasteiger partial charge in [-0.2, -0.15) is 0 Å². The Kier molecular flexibility index (Phi) is 9.27. The summed E-state index contributed by atoms with van der Waals surface area (Å²) >= 11 is 3.17. The predicted octanol–water partition coefficient (Wildman–Crippen LogP) is 3.51. The quantitative estimate of drug-likeness (QED) is 0.747. The van der Waals surface area contributed by atoms with Crippen LogP contribution in [0, 0.1) is 11.7 Å². The van der Waals surface area contributed by atoms with Gasteiger partial charge in [0.15, 0.2) is 0 Å². The molecule has 0 aliphatic carbocycles. The lowest BCUT2D eigenvalue weighted by molar-refractivity contribution is 0.0206. The lowest BCUT2D eigenvalue weighted by Crippen LogP contribution is -2.47. The zero-order valence-corrected chi connectivity index (χ0v) is 16.6. The van der Waals surface area contributed by atoms with Crippen molar-refractivity contribution < 1.29 is 14.2 Å². The molecule has 1 atom stereocenters. The predicted molar refractivity (Wildman–Crippen MR) is 101 cm³/mol. The molecule has 138 valence electrons. The van der Waals surface area contributed by atoms with Crippen molar-refractivity contribution in [2.75, 3.05) is 39.4 Å². The van der Waals surface area contributed by atoms with Crippen molar-refractivity contribution in [3.63, 3.8) is 0 Å². The van der Waals surface area contributed by atoms with Crippen LogP contribution >= 0.6 is 40.7 Å². The number of nitrogens with zero attached hydrogens (tertiary/aromatic N) is 1. The summed E-state index contributed by atoms with van der Waals surface area (Å²) in [5.74, 6) is 0.0393. The summed E-state index contributed by atoms with van der Waals surface area (Å²) in [7, 11) is 0. The van der Waals surface area contributed by atoms with Crippen LogP contribution in [-0.4, -0.2) is 49.4 Å². The Bertz CT molecular complexity index is 509. The summed E-state index contributed by atoms with van der Waals surface area (Å²) in [6.07, 6.45) is 1.95. The molecule has 2 aliphatic heterocycles. The number of halogens is 4. The van der Waals surface area contributed by atoms with Crippen molar-refractivity contribution in [1.29, 1.82) is 0 Å². The summed E-state index contributed by atoms with van der Waals surface area (Å²) in [5.41, 5.74) is 0.821. The average molecular weight is 446 g/mol. The minimum atomic E-state index is -0.424. The normalized spacial score (nSPS) is 20.8. The van der Waals surface area contributed by atoms with Crippen LogP contribution in [0.3, 0.4) is 0 Å². The first-order valence-corrected chi connectivity index (χ1v) is 8.67. The molecule has 1 aromatic rings. The number of benzene rings is 1. The van der Waals surface area contributed by atoms with E-state index in [1.807, 2.05) is 0 Å². The second-order valence-electron chi connectivity index (χ2n) is 5.98. The highest BCUT2D eigenvalue weighted by Gasteiger charge is 2.33.